The summed E-state index contributed by atoms with van der Waals surface area (Å²) in [7, 11) is 0. The number of carboxylic acid groups (broad SMARTS) is 1. The Morgan fingerprint density at radius 3 is 2.48 bits per heavy atom. The fourth-order valence-corrected chi connectivity index (χ4v) is 4.30. The van der Waals surface area contributed by atoms with Crippen LogP contribution >= 0.6 is 0 Å². The molecule has 0 spiro atoms. The molecular formula is C23H30N6O4. The van der Waals surface area contributed by atoms with E-state index in [0.717, 1.165) is 34.2 Å². The lowest BCUT2D eigenvalue weighted by molar-refractivity contribution is -0.137. The first-order chi connectivity index (χ1) is 15.9. The largest absolute Gasteiger partial charge is 0.480 e. The topological polar surface area (TPSA) is 114 Å². The molecule has 33 heavy (non-hydrogen) atoms. The second kappa shape index (κ2) is 9.62. The Bertz CT molecular complexity index is 1250. The summed E-state index contributed by atoms with van der Waals surface area (Å²) >= 11 is 0. The van der Waals surface area contributed by atoms with Crippen molar-refractivity contribution in [2.24, 2.45) is 0 Å². The summed E-state index contributed by atoms with van der Waals surface area (Å²) in [6.07, 6.45) is 1.24. The first-order valence-corrected chi connectivity index (χ1v) is 11.4. The molecule has 1 aliphatic heterocycles. The first-order valence-electron chi connectivity index (χ1n) is 11.4. The quantitative estimate of drug-likeness (QED) is 0.523. The fraction of sp³-hybridized carbons (Fsp3) is 0.478. The number of anilines is 1. The molecule has 10 nitrogen and oxygen atoms in total. The van der Waals surface area contributed by atoms with Gasteiger partial charge in [-0.2, -0.15) is 4.98 Å². The van der Waals surface area contributed by atoms with Crippen molar-refractivity contribution in [2.75, 3.05) is 31.1 Å². The molecule has 0 aliphatic carbocycles. The van der Waals surface area contributed by atoms with Crippen molar-refractivity contribution < 1.29 is 9.90 Å². The molecule has 10 heteroatoms. The van der Waals surface area contributed by atoms with E-state index in [1.807, 2.05) is 48.7 Å². The van der Waals surface area contributed by atoms with Crippen molar-refractivity contribution in [3.63, 3.8) is 0 Å². The van der Waals surface area contributed by atoms with Gasteiger partial charge in [-0.1, -0.05) is 37.3 Å². The van der Waals surface area contributed by atoms with Gasteiger partial charge in [-0.25, -0.2) is 4.79 Å². The number of benzene rings is 1. The van der Waals surface area contributed by atoms with Gasteiger partial charge in [-0.15, -0.1) is 0 Å². The predicted molar refractivity (Wildman–Crippen MR) is 126 cm³/mol. The van der Waals surface area contributed by atoms with E-state index in [-0.39, 0.29) is 23.8 Å². The molecule has 1 fully saturated rings. The van der Waals surface area contributed by atoms with E-state index >= 15 is 0 Å². The number of carbonyl (C=O) groups is 1. The Hall–Kier alpha value is -3.40. The number of carboxylic acids is 1. The molecule has 1 saturated heterocycles. The molecular weight excluding hydrogens is 424 g/mol. The molecule has 3 heterocycles. The van der Waals surface area contributed by atoms with Crippen molar-refractivity contribution in [3.8, 4) is 0 Å². The normalized spacial score (nSPS) is 15.2. The highest BCUT2D eigenvalue weighted by Gasteiger charge is 2.27. The lowest BCUT2D eigenvalue weighted by atomic mass is 10.1. The molecule has 2 N–H and O–H groups in total. The third kappa shape index (κ3) is 4.43. The van der Waals surface area contributed by atoms with Gasteiger partial charge in [0.1, 0.15) is 6.54 Å². The average Bonchev–Trinajstić information content (AvgIpc) is 3.23. The van der Waals surface area contributed by atoms with Crippen LogP contribution in [0.4, 0.5) is 5.95 Å². The van der Waals surface area contributed by atoms with Crippen molar-refractivity contribution in [3.05, 3.63) is 56.7 Å². The van der Waals surface area contributed by atoms with Crippen LogP contribution in [0, 0.1) is 0 Å². The number of aliphatic carboxylic acids is 1. The Morgan fingerprint density at radius 1 is 1.15 bits per heavy atom. The monoisotopic (exact) mass is 454 g/mol. The molecule has 176 valence electrons. The first kappa shape index (κ1) is 22.8. The van der Waals surface area contributed by atoms with E-state index in [1.54, 1.807) is 0 Å². The van der Waals surface area contributed by atoms with Crippen LogP contribution in [-0.2, 0) is 24.3 Å². The fourth-order valence-electron chi connectivity index (χ4n) is 4.30. The van der Waals surface area contributed by atoms with Gasteiger partial charge in [-0.3, -0.25) is 18.7 Å². The van der Waals surface area contributed by atoms with E-state index in [4.69, 9.17) is 0 Å². The maximum atomic E-state index is 13.7. The maximum absolute atomic E-state index is 13.7. The number of hydrogen-bond acceptors (Lipinski definition) is 6. The molecule has 3 aromatic rings. The molecule has 0 radical (unpaired) electrons. The van der Waals surface area contributed by atoms with Crippen LogP contribution in [0.1, 0.15) is 31.9 Å². The standard InChI is InChI=1S/C23H30N6O4/c1-3-16(2)29-19-20(25-22(29)26-13-10-24-11-14-26)28(15-18(30)31)23(33)27(21(19)32)12-9-17-7-5-4-6-8-17/h4-8,16,24H,3,9-15H2,1-2H3,(H,30,31). The summed E-state index contributed by atoms with van der Waals surface area (Å²) in [4.78, 5) is 45.3. The van der Waals surface area contributed by atoms with Crippen molar-refractivity contribution in [1.29, 1.82) is 0 Å². The summed E-state index contributed by atoms with van der Waals surface area (Å²) in [5.41, 5.74) is 0.336. The SMILES string of the molecule is CCC(C)n1c(N2CCNCC2)nc2c1c(=O)n(CCc1ccccc1)c(=O)n2CC(=O)O. The van der Waals surface area contributed by atoms with Crippen LogP contribution in [0.2, 0.25) is 0 Å². The number of fused-ring (bicyclic) bond motifs is 1. The van der Waals surface area contributed by atoms with Crippen LogP contribution < -0.4 is 21.5 Å². The minimum absolute atomic E-state index is 0.0501. The third-order valence-corrected chi connectivity index (χ3v) is 6.23. The van der Waals surface area contributed by atoms with Crippen molar-refractivity contribution in [2.45, 2.75) is 45.8 Å². The highest BCUT2D eigenvalue weighted by atomic mass is 16.4. The van der Waals surface area contributed by atoms with Crippen LogP contribution in [0.5, 0.6) is 0 Å². The lowest BCUT2D eigenvalue weighted by Crippen LogP contribution is -2.45. The summed E-state index contributed by atoms with van der Waals surface area (Å²) in [6, 6.07) is 9.54. The smallest absolute Gasteiger partial charge is 0.333 e. The molecule has 1 aromatic carbocycles. The lowest BCUT2D eigenvalue weighted by Gasteiger charge is -2.30. The van der Waals surface area contributed by atoms with Crippen molar-refractivity contribution >= 4 is 23.1 Å². The zero-order valence-electron chi connectivity index (χ0n) is 19.0. The number of piperazine rings is 1. The van der Waals surface area contributed by atoms with E-state index in [1.165, 1.54) is 0 Å². The number of nitrogens with one attached hydrogen (secondary N) is 1. The molecule has 1 aliphatic rings. The summed E-state index contributed by atoms with van der Waals surface area (Å²) in [5, 5.41) is 12.8. The Labute approximate surface area is 191 Å². The number of imidazole rings is 1. The van der Waals surface area contributed by atoms with Gasteiger partial charge in [0.05, 0.1) is 0 Å². The highest BCUT2D eigenvalue weighted by molar-refractivity contribution is 5.77. The maximum Gasteiger partial charge on any atom is 0.333 e. The van der Waals surface area contributed by atoms with Gasteiger partial charge in [0.15, 0.2) is 11.2 Å². The minimum atomic E-state index is -1.16. The zero-order chi connectivity index (χ0) is 23.5. The van der Waals surface area contributed by atoms with Gasteiger partial charge < -0.3 is 19.9 Å². The minimum Gasteiger partial charge on any atom is -0.480 e. The van der Waals surface area contributed by atoms with E-state index < -0.39 is 23.8 Å². The summed E-state index contributed by atoms with van der Waals surface area (Å²) in [6.45, 7) is 6.63. The Balaban J connectivity index is 1.94. The molecule has 4 rings (SSSR count). The zero-order valence-corrected chi connectivity index (χ0v) is 19.0. The van der Waals surface area contributed by atoms with Gasteiger partial charge >= 0.3 is 11.7 Å². The number of aryl methyl sites for hydroxylation is 1. The molecule has 0 bridgehead atoms. The van der Waals surface area contributed by atoms with Gasteiger partial charge in [0, 0.05) is 38.8 Å². The van der Waals surface area contributed by atoms with Crippen LogP contribution in [0.25, 0.3) is 11.2 Å². The number of rotatable bonds is 8. The van der Waals surface area contributed by atoms with Crippen LogP contribution in [-0.4, -0.2) is 55.9 Å². The number of aromatic nitrogens is 4. The molecule has 0 amide bonds. The molecule has 0 saturated carbocycles. The third-order valence-electron chi connectivity index (χ3n) is 6.23. The highest BCUT2D eigenvalue weighted by Crippen LogP contribution is 2.26. The van der Waals surface area contributed by atoms with Crippen molar-refractivity contribution in [1.82, 2.24) is 24.0 Å². The average molecular weight is 455 g/mol. The van der Waals surface area contributed by atoms with Gasteiger partial charge in [-0.05, 0) is 25.3 Å². The second-order valence-electron chi connectivity index (χ2n) is 8.40. The number of hydrogen-bond donors (Lipinski definition) is 2. The van der Waals surface area contributed by atoms with Gasteiger partial charge in [0.25, 0.3) is 5.56 Å². The molecule has 1 atom stereocenters. The summed E-state index contributed by atoms with van der Waals surface area (Å²) < 4.78 is 4.16. The molecule has 2 aromatic heterocycles. The Kier molecular flexibility index (Phi) is 6.64. The second-order valence-corrected chi connectivity index (χ2v) is 8.40. The van der Waals surface area contributed by atoms with Crippen LogP contribution in [0.15, 0.2) is 39.9 Å². The van der Waals surface area contributed by atoms with E-state index in [2.05, 4.69) is 15.2 Å². The number of nitrogens with zero attached hydrogens (tertiary/aromatic N) is 5. The van der Waals surface area contributed by atoms with E-state index in [9.17, 15) is 19.5 Å². The van der Waals surface area contributed by atoms with Gasteiger partial charge in [0.2, 0.25) is 5.95 Å². The van der Waals surface area contributed by atoms with Crippen LogP contribution in [0.3, 0.4) is 0 Å². The van der Waals surface area contributed by atoms with E-state index in [0.29, 0.717) is 25.5 Å². The Morgan fingerprint density at radius 2 is 1.85 bits per heavy atom. The summed E-state index contributed by atoms with van der Waals surface area (Å²) in [5.74, 6) is -0.550. The molecule has 1 unspecified atom stereocenters. The predicted octanol–water partition coefficient (Wildman–Crippen LogP) is 1.07.